The summed E-state index contributed by atoms with van der Waals surface area (Å²) in [6, 6.07) is 10.0. The SMILES string of the molecule is CC(C)(C)c1cccnn1.Cc1ccc(C(C)(C)C)nn1.Cc1cnnc(C(C)(C)C)c1. The van der Waals surface area contributed by atoms with E-state index < -0.39 is 0 Å². The molecule has 6 nitrogen and oxygen atoms in total. The quantitative estimate of drug-likeness (QED) is 0.434. The first kappa shape index (κ1) is 27.3. The number of nitrogens with zero attached hydrogens (tertiary/aromatic N) is 6. The van der Waals surface area contributed by atoms with Crippen LogP contribution in [-0.2, 0) is 16.2 Å². The van der Waals surface area contributed by atoms with Gasteiger partial charge in [-0.05, 0) is 49.7 Å². The Hall–Kier alpha value is -2.76. The van der Waals surface area contributed by atoms with Crippen molar-refractivity contribution in [3.63, 3.8) is 0 Å². The lowest BCUT2D eigenvalue weighted by Crippen LogP contribution is -2.14. The molecule has 3 heterocycles. The van der Waals surface area contributed by atoms with E-state index in [2.05, 4.69) is 99.0 Å². The molecule has 3 rings (SSSR count). The lowest BCUT2D eigenvalue weighted by Gasteiger charge is -2.16. The van der Waals surface area contributed by atoms with Crippen molar-refractivity contribution < 1.29 is 0 Å². The van der Waals surface area contributed by atoms with Crippen LogP contribution in [0, 0.1) is 13.8 Å². The van der Waals surface area contributed by atoms with E-state index in [0.717, 1.165) is 22.8 Å². The van der Waals surface area contributed by atoms with Crippen molar-refractivity contribution in [3.8, 4) is 0 Å². The molecule has 0 aromatic carbocycles. The van der Waals surface area contributed by atoms with Crippen molar-refractivity contribution in [2.24, 2.45) is 0 Å². The van der Waals surface area contributed by atoms with E-state index >= 15 is 0 Å². The third kappa shape index (κ3) is 10.0. The topological polar surface area (TPSA) is 77.3 Å². The molecule has 0 N–H and O–H groups in total. The summed E-state index contributed by atoms with van der Waals surface area (Å²) in [4.78, 5) is 0. The molecule has 0 aliphatic rings. The third-order valence-electron chi connectivity index (χ3n) is 4.47. The van der Waals surface area contributed by atoms with E-state index in [0.29, 0.717) is 0 Å². The molecule has 174 valence electrons. The number of hydrogen-bond donors (Lipinski definition) is 0. The monoisotopic (exact) mass is 436 g/mol. The molecule has 0 aliphatic heterocycles. The highest BCUT2D eigenvalue weighted by Gasteiger charge is 2.16. The Labute approximate surface area is 194 Å². The van der Waals surface area contributed by atoms with Gasteiger partial charge in [-0.1, -0.05) is 62.3 Å². The maximum absolute atomic E-state index is 4.10. The smallest absolute Gasteiger partial charge is 0.0687 e. The fourth-order valence-corrected chi connectivity index (χ4v) is 2.33. The molecule has 0 atom stereocenters. The van der Waals surface area contributed by atoms with Crippen LogP contribution < -0.4 is 0 Å². The Kier molecular flexibility index (Phi) is 9.55. The largest absolute Gasteiger partial charge is 0.159 e. The van der Waals surface area contributed by atoms with Gasteiger partial charge in [-0.25, -0.2) is 0 Å². The van der Waals surface area contributed by atoms with Crippen LogP contribution in [0.1, 0.15) is 90.7 Å². The van der Waals surface area contributed by atoms with Crippen LogP contribution in [-0.4, -0.2) is 30.6 Å². The molecule has 6 heteroatoms. The Morgan fingerprint density at radius 2 is 1.09 bits per heavy atom. The second-order valence-electron chi connectivity index (χ2n) is 11.0. The summed E-state index contributed by atoms with van der Waals surface area (Å²) >= 11 is 0. The van der Waals surface area contributed by atoms with E-state index in [9.17, 15) is 0 Å². The Morgan fingerprint density at radius 3 is 1.44 bits per heavy atom. The van der Waals surface area contributed by atoms with Gasteiger partial charge in [0.05, 0.1) is 29.0 Å². The molecule has 32 heavy (non-hydrogen) atoms. The van der Waals surface area contributed by atoms with Gasteiger partial charge in [0, 0.05) is 22.4 Å². The van der Waals surface area contributed by atoms with Crippen molar-refractivity contribution in [2.45, 2.75) is 92.4 Å². The maximum atomic E-state index is 4.10. The van der Waals surface area contributed by atoms with E-state index in [1.165, 1.54) is 5.56 Å². The van der Waals surface area contributed by atoms with Crippen molar-refractivity contribution >= 4 is 0 Å². The van der Waals surface area contributed by atoms with Crippen LogP contribution in [0.3, 0.4) is 0 Å². The van der Waals surface area contributed by atoms with Gasteiger partial charge in [-0.3, -0.25) is 0 Å². The van der Waals surface area contributed by atoms with Crippen molar-refractivity contribution in [1.29, 1.82) is 0 Å². The molecule has 0 fully saturated rings. The number of rotatable bonds is 0. The summed E-state index contributed by atoms with van der Waals surface area (Å²) in [7, 11) is 0. The zero-order valence-corrected chi connectivity index (χ0v) is 21.7. The first-order valence-electron chi connectivity index (χ1n) is 11.0. The Balaban J connectivity index is 0.000000240. The van der Waals surface area contributed by atoms with Crippen LogP contribution in [0.4, 0.5) is 0 Å². The van der Waals surface area contributed by atoms with Crippen molar-refractivity contribution in [2.75, 3.05) is 0 Å². The Bertz CT molecular complexity index is 931. The highest BCUT2D eigenvalue weighted by atomic mass is 15.1. The molecular weight excluding hydrogens is 396 g/mol. The number of aryl methyl sites for hydroxylation is 2. The molecule has 3 aromatic heterocycles. The third-order valence-corrected chi connectivity index (χ3v) is 4.47. The molecule has 0 bridgehead atoms. The minimum atomic E-state index is 0.110. The summed E-state index contributed by atoms with van der Waals surface area (Å²) in [5, 5.41) is 23.9. The van der Waals surface area contributed by atoms with Gasteiger partial charge in [0.1, 0.15) is 0 Å². The average molecular weight is 437 g/mol. The molecule has 0 radical (unpaired) electrons. The summed E-state index contributed by atoms with van der Waals surface area (Å²) in [6.45, 7) is 23.1. The van der Waals surface area contributed by atoms with Crippen molar-refractivity contribution in [1.82, 2.24) is 30.6 Å². The van der Waals surface area contributed by atoms with Crippen LogP contribution in [0.25, 0.3) is 0 Å². The van der Waals surface area contributed by atoms with Gasteiger partial charge in [0.2, 0.25) is 0 Å². The van der Waals surface area contributed by atoms with E-state index in [1.54, 1.807) is 12.4 Å². The zero-order chi connectivity index (χ0) is 24.6. The number of aromatic nitrogens is 6. The molecular formula is C26H40N6. The normalized spacial score (nSPS) is 11.6. The second kappa shape index (κ2) is 11.2. The highest BCUT2D eigenvalue weighted by molar-refractivity contribution is 5.16. The molecule has 0 saturated carbocycles. The van der Waals surface area contributed by atoms with E-state index in [-0.39, 0.29) is 16.2 Å². The van der Waals surface area contributed by atoms with Gasteiger partial charge in [0.15, 0.2) is 0 Å². The molecule has 0 saturated heterocycles. The molecule has 0 amide bonds. The van der Waals surface area contributed by atoms with E-state index in [1.807, 2.05) is 38.1 Å². The molecule has 0 spiro atoms. The van der Waals surface area contributed by atoms with Crippen LogP contribution in [0.2, 0.25) is 0 Å². The van der Waals surface area contributed by atoms with Crippen LogP contribution in [0.15, 0.2) is 42.7 Å². The minimum absolute atomic E-state index is 0.110. The first-order valence-corrected chi connectivity index (χ1v) is 11.0. The van der Waals surface area contributed by atoms with Crippen LogP contribution >= 0.6 is 0 Å². The molecule has 0 unspecified atom stereocenters. The second-order valence-corrected chi connectivity index (χ2v) is 11.0. The predicted molar refractivity (Wildman–Crippen MR) is 132 cm³/mol. The predicted octanol–water partition coefficient (Wildman–Crippen LogP) is 5.94. The van der Waals surface area contributed by atoms with Crippen molar-refractivity contribution in [3.05, 3.63) is 71.1 Å². The molecule has 0 aliphatic carbocycles. The highest BCUT2D eigenvalue weighted by Crippen LogP contribution is 2.20. The van der Waals surface area contributed by atoms with Gasteiger partial charge >= 0.3 is 0 Å². The fraction of sp³-hybridized carbons (Fsp3) is 0.538. The lowest BCUT2D eigenvalue weighted by molar-refractivity contribution is 0.557. The average Bonchev–Trinajstić information content (AvgIpc) is 2.68. The van der Waals surface area contributed by atoms with Gasteiger partial charge in [0.25, 0.3) is 0 Å². The fourth-order valence-electron chi connectivity index (χ4n) is 2.33. The lowest BCUT2D eigenvalue weighted by atomic mass is 9.91. The minimum Gasteiger partial charge on any atom is -0.159 e. The van der Waals surface area contributed by atoms with Gasteiger partial charge < -0.3 is 0 Å². The van der Waals surface area contributed by atoms with Gasteiger partial charge in [-0.15, -0.1) is 0 Å². The summed E-state index contributed by atoms with van der Waals surface area (Å²) in [6.07, 6.45) is 3.46. The first-order chi connectivity index (χ1) is 14.6. The summed E-state index contributed by atoms with van der Waals surface area (Å²) in [5.41, 5.74) is 5.62. The summed E-state index contributed by atoms with van der Waals surface area (Å²) in [5.74, 6) is 0. The van der Waals surface area contributed by atoms with Gasteiger partial charge in [-0.2, -0.15) is 30.6 Å². The number of hydrogen-bond acceptors (Lipinski definition) is 6. The Morgan fingerprint density at radius 1 is 0.562 bits per heavy atom. The standard InChI is InChI=1S/2C9H14N2.C8H12N2/c1-7-5-8(9(2,3)4)11-10-6-7;1-7-5-6-8(11-10-7)9(2,3)4;1-8(2,3)7-5-4-6-9-10-7/h2*5-6H,1-4H3;4-6H,1-3H3. The van der Waals surface area contributed by atoms with E-state index in [4.69, 9.17) is 0 Å². The molecule has 3 aromatic rings. The maximum Gasteiger partial charge on any atom is 0.0687 e. The van der Waals surface area contributed by atoms with Crippen LogP contribution in [0.5, 0.6) is 0 Å². The zero-order valence-electron chi connectivity index (χ0n) is 21.7. The summed E-state index contributed by atoms with van der Waals surface area (Å²) < 4.78 is 0.